The minimum Gasteiger partial charge on any atom is -0.351 e. The lowest BCUT2D eigenvalue weighted by Gasteiger charge is -2.18. The molecule has 2 aliphatic rings. The molecule has 2 amide bonds. The van der Waals surface area contributed by atoms with Gasteiger partial charge in [-0.2, -0.15) is 0 Å². The Labute approximate surface area is 135 Å². The van der Waals surface area contributed by atoms with Gasteiger partial charge in [0.1, 0.15) is 0 Å². The highest BCUT2D eigenvalue weighted by Gasteiger charge is 2.46. The zero-order valence-corrected chi connectivity index (χ0v) is 13.5. The van der Waals surface area contributed by atoms with Gasteiger partial charge in [0.2, 0.25) is 11.8 Å². The van der Waals surface area contributed by atoms with Gasteiger partial charge >= 0.3 is 0 Å². The van der Waals surface area contributed by atoms with E-state index in [1.165, 1.54) is 0 Å². The lowest BCUT2D eigenvalue weighted by Crippen LogP contribution is -2.40. The third-order valence-corrected chi connectivity index (χ3v) is 4.89. The second-order valence-corrected chi connectivity index (χ2v) is 7.09. The topological polar surface area (TPSA) is 49.4 Å². The fourth-order valence-electron chi connectivity index (χ4n) is 2.82. The Morgan fingerprint density at radius 3 is 2.91 bits per heavy atom. The third kappa shape index (κ3) is 3.43. The third-order valence-electron chi connectivity index (χ3n) is 4.66. The quantitative estimate of drug-likeness (QED) is 0.905. The molecule has 1 N–H and O–H groups in total. The molecule has 1 saturated carbocycles. The molecule has 4 nitrogen and oxygen atoms in total. The van der Waals surface area contributed by atoms with E-state index >= 15 is 0 Å². The predicted molar refractivity (Wildman–Crippen MR) is 85.6 cm³/mol. The van der Waals surface area contributed by atoms with Gasteiger partial charge in [0.25, 0.3) is 0 Å². The van der Waals surface area contributed by atoms with Crippen molar-refractivity contribution in [1.82, 2.24) is 10.2 Å². The smallest absolute Gasteiger partial charge is 0.226 e. The number of rotatable bonds is 5. The van der Waals surface area contributed by atoms with Crippen LogP contribution in [0.3, 0.4) is 0 Å². The molecule has 0 radical (unpaired) electrons. The molecule has 0 bridgehead atoms. The van der Waals surface area contributed by atoms with E-state index in [1.807, 2.05) is 36.1 Å². The van der Waals surface area contributed by atoms with Gasteiger partial charge in [-0.1, -0.05) is 30.7 Å². The van der Waals surface area contributed by atoms with E-state index in [0.717, 1.165) is 24.8 Å². The largest absolute Gasteiger partial charge is 0.351 e. The Bertz CT molecular complexity index is 598. The van der Waals surface area contributed by atoms with E-state index in [0.29, 0.717) is 24.5 Å². The molecule has 1 saturated heterocycles. The first-order valence-corrected chi connectivity index (χ1v) is 8.17. The summed E-state index contributed by atoms with van der Waals surface area (Å²) in [5.41, 5.74) is 0.940. The second-order valence-electron chi connectivity index (χ2n) is 6.65. The summed E-state index contributed by atoms with van der Waals surface area (Å²) < 4.78 is 0. The van der Waals surface area contributed by atoms with Crippen molar-refractivity contribution in [2.75, 3.05) is 13.1 Å². The zero-order chi connectivity index (χ0) is 15.7. The van der Waals surface area contributed by atoms with Crippen molar-refractivity contribution in [3.05, 3.63) is 34.9 Å². The molecule has 2 fully saturated rings. The predicted octanol–water partition coefficient (Wildman–Crippen LogP) is 2.40. The zero-order valence-electron chi connectivity index (χ0n) is 12.8. The molecular formula is C17H21ClN2O2. The summed E-state index contributed by atoms with van der Waals surface area (Å²) in [6.07, 6.45) is 3.11. The highest BCUT2D eigenvalue weighted by Crippen LogP contribution is 2.45. The molecule has 22 heavy (non-hydrogen) atoms. The number of benzene rings is 1. The number of likely N-dealkylation sites (tertiary alicyclic amines) is 1. The maximum Gasteiger partial charge on any atom is 0.226 e. The standard InChI is InChI=1S/C17H21ClN2O2/c1-17(6-7-17)16(22)19-14-10-15(21)20(11-14)8-5-12-3-2-4-13(18)9-12/h2-4,9,14H,5-8,10-11H2,1H3,(H,19,22)/t14-/m0/s1. The van der Waals surface area contributed by atoms with Crippen molar-refractivity contribution < 1.29 is 9.59 Å². The Hall–Kier alpha value is -1.55. The Morgan fingerprint density at radius 1 is 1.45 bits per heavy atom. The minimum atomic E-state index is -0.183. The monoisotopic (exact) mass is 320 g/mol. The van der Waals surface area contributed by atoms with Crippen LogP contribution in [-0.4, -0.2) is 35.8 Å². The van der Waals surface area contributed by atoms with Crippen molar-refractivity contribution in [2.24, 2.45) is 5.41 Å². The molecular weight excluding hydrogens is 300 g/mol. The first-order chi connectivity index (χ1) is 10.5. The lowest BCUT2D eigenvalue weighted by molar-refractivity contribution is -0.127. The molecule has 3 rings (SSSR count). The van der Waals surface area contributed by atoms with Gasteiger partial charge < -0.3 is 10.2 Å². The maximum atomic E-state index is 12.1. The van der Waals surface area contributed by atoms with Gasteiger partial charge in [-0.3, -0.25) is 9.59 Å². The molecule has 118 valence electrons. The van der Waals surface area contributed by atoms with Gasteiger partial charge in [-0.25, -0.2) is 0 Å². The summed E-state index contributed by atoms with van der Waals surface area (Å²) in [6, 6.07) is 7.66. The van der Waals surface area contributed by atoms with Crippen LogP contribution in [0.5, 0.6) is 0 Å². The molecule has 1 aliphatic carbocycles. The van der Waals surface area contributed by atoms with E-state index in [9.17, 15) is 9.59 Å². The van der Waals surface area contributed by atoms with Crippen LogP contribution < -0.4 is 5.32 Å². The molecule has 1 heterocycles. The highest BCUT2D eigenvalue weighted by atomic mass is 35.5. The number of hydrogen-bond donors (Lipinski definition) is 1. The number of nitrogens with one attached hydrogen (secondary N) is 1. The van der Waals surface area contributed by atoms with Crippen LogP contribution >= 0.6 is 11.6 Å². The summed E-state index contributed by atoms with van der Waals surface area (Å²) in [5.74, 6) is 0.218. The maximum absolute atomic E-state index is 12.1. The molecule has 0 unspecified atom stereocenters. The van der Waals surface area contributed by atoms with Crippen molar-refractivity contribution >= 4 is 23.4 Å². The van der Waals surface area contributed by atoms with Crippen molar-refractivity contribution in [3.8, 4) is 0 Å². The summed E-state index contributed by atoms with van der Waals surface area (Å²) in [4.78, 5) is 26.0. The molecule has 1 aliphatic heterocycles. The van der Waals surface area contributed by atoms with Gasteiger partial charge in [-0.05, 0) is 37.0 Å². The second kappa shape index (κ2) is 5.92. The first kappa shape index (κ1) is 15.3. The first-order valence-electron chi connectivity index (χ1n) is 7.79. The number of carbonyl (C=O) groups excluding carboxylic acids is 2. The van der Waals surface area contributed by atoms with E-state index in [4.69, 9.17) is 11.6 Å². The van der Waals surface area contributed by atoms with E-state index in [1.54, 1.807) is 0 Å². The SMILES string of the molecule is CC1(C(=O)N[C@H]2CC(=O)N(CCc3cccc(Cl)c3)C2)CC1. The van der Waals surface area contributed by atoms with Crippen LogP contribution in [0.4, 0.5) is 0 Å². The normalized spacial score (nSPS) is 22.7. The average Bonchev–Trinajstić information content (AvgIpc) is 3.13. The summed E-state index contributed by atoms with van der Waals surface area (Å²) in [6.45, 7) is 3.26. The summed E-state index contributed by atoms with van der Waals surface area (Å²) >= 11 is 5.97. The van der Waals surface area contributed by atoms with Crippen LogP contribution in [-0.2, 0) is 16.0 Å². The van der Waals surface area contributed by atoms with Crippen molar-refractivity contribution in [2.45, 2.75) is 38.6 Å². The van der Waals surface area contributed by atoms with Gasteiger partial charge in [0, 0.05) is 29.9 Å². The number of carbonyl (C=O) groups is 2. The van der Waals surface area contributed by atoms with Gasteiger partial charge in [-0.15, -0.1) is 0 Å². The van der Waals surface area contributed by atoms with Crippen LogP contribution in [0.25, 0.3) is 0 Å². The van der Waals surface area contributed by atoms with Crippen LogP contribution in [0.1, 0.15) is 31.7 Å². The number of nitrogens with zero attached hydrogens (tertiary/aromatic N) is 1. The molecule has 1 aromatic carbocycles. The Balaban J connectivity index is 1.50. The number of amides is 2. The average molecular weight is 321 g/mol. The number of hydrogen-bond acceptors (Lipinski definition) is 2. The van der Waals surface area contributed by atoms with E-state index < -0.39 is 0 Å². The van der Waals surface area contributed by atoms with Crippen molar-refractivity contribution in [1.29, 1.82) is 0 Å². The van der Waals surface area contributed by atoms with Crippen LogP contribution in [0.2, 0.25) is 5.02 Å². The van der Waals surface area contributed by atoms with Crippen LogP contribution in [0, 0.1) is 5.41 Å². The van der Waals surface area contributed by atoms with Crippen LogP contribution in [0.15, 0.2) is 24.3 Å². The molecule has 0 aromatic heterocycles. The van der Waals surface area contributed by atoms with Gasteiger partial charge in [0.05, 0.1) is 6.04 Å². The van der Waals surface area contributed by atoms with Crippen molar-refractivity contribution in [3.63, 3.8) is 0 Å². The lowest BCUT2D eigenvalue weighted by atomic mass is 10.1. The molecule has 1 aromatic rings. The Morgan fingerprint density at radius 2 is 2.23 bits per heavy atom. The molecule has 5 heteroatoms. The van der Waals surface area contributed by atoms with E-state index in [2.05, 4.69) is 5.32 Å². The molecule has 1 atom stereocenters. The summed E-state index contributed by atoms with van der Waals surface area (Å²) in [7, 11) is 0. The molecule has 0 spiro atoms. The van der Waals surface area contributed by atoms with Gasteiger partial charge in [0.15, 0.2) is 0 Å². The fraction of sp³-hybridized carbons (Fsp3) is 0.529. The number of halogens is 1. The highest BCUT2D eigenvalue weighted by molar-refractivity contribution is 6.30. The fourth-order valence-corrected chi connectivity index (χ4v) is 3.03. The summed E-state index contributed by atoms with van der Waals surface area (Å²) in [5, 5.41) is 3.74. The van der Waals surface area contributed by atoms with E-state index in [-0.39, 0.29) is 23.3 Å². The Kier molecular flexibility index (Phi) is 4.13. The minimum absolute atomic E-state index is 0.0446.